The fourth-order valence-electron chi connectivity index (χ4n) is 6.95. The van der Waals surface area contributed by atoms with Gasteiger partial charge in [-0.1, -0.05) is 24.3 Å². The van der Waals surface area contributed by atoms with Crippen molar-refractivity contribution in [3.05, 3.63) is 95.1 Å². The Labute approximate surface area is 380 Å². The molecule has 2 aliphatic heterocycles. The molecule has 0 aliphatic carbocycles. The van der Waals surface area contributed by atoms with Crippen LogP contribution in [0.3, 0.4) is 0 Å². The van der Waals surface area contributed by atoms with Crippen LogP contribution in [0.2, 0.25) is 0 Å². The van der Waals surface area contributed by atoms with E-state index in [9.17, 15) is 62.0 Å². The van der Waals surface area contributed by atoms with E-state index < -0.39 is 61.9 Å². The van der Waals surface area contributed by atoms with Gasteiger partial charge in [0.05, 0.1) is 14.2 Å². The molecule has 4 aromatic carbocycles. The van der Waals surface area contributed by atoms with Crippen molar-refractivity contribution in [2.45, 2.75) is 19.6 Å². The maximum absolute atomic E-state index is 13.6. The van der Waals surface area contributed by atoms with Gasteiger partial charge in [-0.25, -0.2) is 16.8 Å². The molecule has 4 aromatic rings. The van der Waals surface area contributed by atoms with Gasteiger partial charge in [-0.15, -0.1) is 0 Å². The number of benzene rings is 4. The van der Waals surface area contributed by atoms with E-state index in [2.05, 4.69) is 10.6 Å². The minimum absolute atomic E-state index is 0.00438. The van der Waals surface area contributed by atoms with E-state index in [0.29, 0.717) is 12.8 Å². The van der Waals surface area contributed by atoms with Crippen LogP contribution in [0.5, 0.6) is 11.5 Å². The zero-order valence-corrected chi connectivity index (χ0v) is 38.2. The van der Waals surface area contributed by atoms with Gasteiger partial charge in [-0.05, 0) is 71.8 Å². The number of rotatable bonds is 16. The Kier molecular flexibility index (Phi) is 14.7. The number of amides is 4. The minimum Gasteiger partial charge on any atom is -0.495 e. The summed E-state index contributed by atoms with van der Waals surface area (Å²) < 4.78 is 138. The lowest BCUT2D eigenvalue weighted by Crippen LogP contribution is -2.48. The first-order valence-corrected chi connectivity index (χ1v) is 25.2. The summed E-state index contributed by atoms with van der Waals surface area (Å²) in [4.78, 5) is 49.7. The summed E-state index contributed by atoms with van der Waals surface area (Å²) in [6.45, 7) is 0.584. The smallest absolute Gasteiger partial charge is 0.295 e. The van der Waals surface area contributed by atoms with Gasteiger partial charge in [0.25, 0.3) is 32.1 Å². The molecular formula is C40H42N6O16S4. The highest BCUT2D eigenvalue weighted by molar-refractivity contribution is 7.89. The van der Waals surface area contributed by atoms with E-state index in [1.165, 1.54) is 60.4 Å². The monoisotopic (exact) mass is 990 g/mol. The van der Waals surface area contributed by atoms with Gasteiger partial charge in [0.2, 0.25) is 32.9 Å². The molecule has 2 saturated heterocycles. The molecule has 0 atom stereocenters. The maximum atomic E-state index is 13.6. The molecule has 4 N–H and O–H groups in total. The first-order chi connectivity index (χ1) is 31.1. The Hall–Kier alpha value is -6.26. The summed E-state index contributed by atoms with van der Waals surface area (Å²) in [5.41, 5.74) is -1.07. The third-order valence-electron chi connectivity index (χ3n) is 10.5. The van der Waals surface area contributed by atoms with Crippen molar-refractivity contribution in [1.82, 2.24) is 18.4 Å². The number of hydrogen-bond donors (Lipinski definition) is 4. The molecule has 2 fully saturated rings. The number of methoxy groups -OCH3 is 2. The first-order valence-electron chi connectivity index (χ1n) is 19.4. The highest BCUT2D eigenvalue weighted by Gasteiger charge is 2.33. The molecule has 0 radical (unpaired) electrons. The van der Waals surface area contributed by atoms with Crippen LogP contribution < -0.4 is 20.1 Å². The summed E-state index contributed by atoms with van der Waals surface area (Å²) in [6.07, 6.45) is 3.40. The standard InChI is InChI=1S/C40H42N6O16S4/c1-61-33-11-7-29(21-37(33)63(51,52)45-17-13-43(25-47)14-18-45)39(49)41-31-9-5-27(35(23-31)65(55,56)57)3-4-28-6-10-32(24-36(28)66(58,59)60)42-40(50)30-8-12-34(62-2)38(22-30)64(53,54)46-19-15-44(26-48)16-20-46/h3-12,21-26H,13-20H2,1-2H3,(H,41,49)(H,42,50)(H,55,56,57)(H,58,59,60)/b4-3+. The van der Waals surface area contributed by atoms with Gasteiger partial charge >= 0.3 is 0 Å². The Bertz CT molecular complexity index is 2850. The van der Waals surface area contributed by atoms with Crippen molar-refractivity contribution < 1.29 is 71.4 Å². The van der Waals surface area contributed by atoms with E-state index >= 15 is 0 Å². The molecule has 22 nitrogen and oxygen atoms in total. The van der Waals surface area contributed by atoms with E-state index in [0.717, 1.165) is 57.2 Å². The van der Waals surface area contributed by atoms with Crippen molar-refractivity contribution in [3.8, 4) is 11.5 Å². The van der Waals surface area contributed by atoms with Gasteiger partial charge in [-0.3, -0.25) is 28.3 Å². The number of carbonyl (C=O) groups is 4. The molecule has 6 rings (SSSR count). The molecule has 2 aliphatic rings. The van der Waals surface area contributed by atoms with Crippen LogP contribution >= 0.6 is 0 Å². The predicted octanol–water partition coefficient (Wildman–Crippen LogP) is 1.80. The van der Waals surface area contributed by atoms with Gasteiger partial charge in [0, 0.05) is 74.9 Å². The van der Waals surface area contributed by atoms with Gasteiger partial charge < -0.3 is 29.9 Å². The number of nitrogens with one attached hydrogen (secondary N) is 2. The second-order valence-electron chi connectivity index (χ2n) is 14.5. The van der Waals surface area contributed by atoms with Gasteiger partial charge in [-0.2, -0.15) is 25.4 Å². The fraction of sp³-hybridized carbons (Fsp3) is 0.250. The molecule has 26 heteroatoms. The maximum Gasteiger partial charge on any atom is 0.295 e. The molecule has 352 valence electrons. The molecule has 0 spiro atoms. The fourth-order valence-corrected chi connectivity index (χ4v) is 11.6. The van der Waals surface area contributed by atoms with Crippen LogP contribution in [-0.2, 0) is 49.9 Å². The Morgan fingerprint density at radius 2 is 0.864 bits per heavy atom. The van der Waals surface area contributed by atoms with Crippen LogP contribution in [0.1, 0.15) is 31.8 Å². The van der Waals surface area contributed by atoms with Crippen molar-refractivity contribution in [2.75, 3.05) is 77.2 Å². The van der Waals surface area contributed by atoms with Crippen LogP contribution in [-0.4, -0.2) is 152 Å². The summed E-state index contributed by atoms with van der Waals surface area (Å²) in [5, 5.41) is 4.89. The Morgan fingerprint density at radius 3 is 1.17 bits per heavy atom. The topological polar surface area (TPSA) is 301 Å². The minimum atomic E-state index is -5.03. The van der Waals surface area contributed by atoms with Crippen molar-refractivity contribution >= 4 is 88.4 Å². The first kappa shape index (κ1) is 49.2. The number of anilines is 2. The quantitative estimate of drug-likeness (QED) is 0.0707. The number of sulfonamides is 2. The second kappa shape index (κ2) is 19.7. The SMILES string of the molecule is COc1ccc(C(=O)Nc2ccc(/C=C/c3ccc(NC(=O)c4ccc(OC)c(S(=O)(=O)N5CCN(C=O)CC5)c4)cc3S(=O)(=O)O)c(S(=O)(=O)O)c2)cc1S(=O)(=O)N1CCN(C=O)CC1. The number of piperazine rings is 2. The van der Waals surface area contributed by atoms with Gasteiger partial charge in [0.1, 0.15) is 31.1 Å². The number of ether oxygens (including phenoxy) is 2. The molecule has 4 amide bonds. The van der Waals surface area contributed by atoms with E-state index in [1.54, 1.807) is 0 Å². The average molecular weight is 991 g/mol. The van der Waals surface area contributed by atoms with E-state index in [4.69, 9.17) is 9.47 Å². The molecular weight excluding hydrogens is 949 g/mol. The van der Waals surface area contributed by atoms with Crippen LogP contribution in [0, 0.1) is 0 Å². The zero-order chi connectivity index (χ0) is 48.2. The van der Waals surface area contributed by atoms with Crippen molar-refractivity contribution in [2.24, 2.45) is 0 Å². The highest BCUT2D eigenvalue weighted by Crippen LogP contribution is 2.32. The normalized spacial score (nSPS) is 15.6. The second-order valence-corrected chi connectivity index (χ2v) is 21.1. The van der Waals surface area contributed by atoms with E-state index in [-0.39, 0.29) is 107 Å². The van der Waals surface area contributed by atoms with E-state index in [1.807, 2.05) is 0 Å². The molecule has 2 heterocycles. The Balaban J connectivity index is 1.22. The molecule has 0 aromatic heterocycles. The van der Waals surface area contributed by atoms with Crippen LogP contribution in [0.4, 0.5) is 11.4 Å². The number of hydrogen-bond acceptors (Lipinski definition) is 14. The molecule has 0 saturated carbocycles. The third kappa shape index (κ3) is 10.9. The number of nitrogens with zero attached hydrogens (tertiary/aromatic N) is 4. The van der Waals surface area contributed by atoms with Crippen LogP contribution in [0.25, 0.3) is 12.2 Å². The highest BCUT2D eigenvalue weighted by atomic mass is 32.2. The Morgan fingerprint density at radius 1 is 0.515 bits per heavy atom. The lowest BCUT2D eigenvalue weighted by Gasteiger charge is -2.32. The summed E-state index contributed by atoms with van der Waals surface area (Å²) in [6, 6.07) is 13.8. The summed E-state index contributed by atoms with van der Waals surface area (Å²) in [7, 11) is -16.0. The van der Waals surface area contributed by atoms with Crippen LogP contribution in [0.15, 0.2) is 92.4 Å². The lowest BCUT2D eigenvalue weighted by atomic mass is 10.1. The van der Waals surface area contributed by atoms with Crippen molar-refractivity contribution in [1.29, 1.82) is 0 Å². The third-order valence-corrected chi connectivity index (χ3v) is 16.1. The predicted molar refractivity (Wildman–Crippen MR) is 236 cm³/mol. The molecule has 0 unspecified atom stereocenters. The average Bonchev–Trinajstić information content (AvgIpc) is 3.30. The summed E-state index contributed by atoms with van der Waals surface area (Å²) >= 11 is 0. The van der Waals surface area contributed by atoms with Gasteiger partial charge in [0.15, 0.2) is 0 Å². The zero-order valence-electron chi connectivity index (χ0n) is 34.9. The molecule has 66 heavy (non-hydrogen) atoms. The summed E-state index contributed by atoms with van der Waals surface area (Å²) in [5.74, 6) is -1.88. The molecule has 0 bridgehead atoms. The lowest BCUT2D eigenvalue weighted by molar-refractivity contribution is -0.119. The number of carbonyl (C=O) groups excluding carboxylic acids is 4. The largest absolute Gasteiger partial charge is 0.495 e. The van der Waals surface area contributed by atoms with Crippen molar-refractivity contribution in [3.63, 3.8) is 0 Å².